The second-order valence-electron chi connectivity index (χ2n) is 4.46. The van der Waals surface area contributed by atoms with Crippen molar-refractivity contribution in [2.75, 3.05) is 13.1 Å². The molecule has 1 aromatic rings. The molecule has 0 aromatic heterocycles. The van der Waals surface area contributed by atoms with E-state index in [2.05, 4.69) is 0 Å². The van der Waals surface area contributed by atoms with Gasteiger partial charge >= 0.3 is 0 Å². The van der Waals surface area contributed by atoms with E-state index in [9.17, 15) is 4.79 Å². The van der Waals surface area contributed by atoms with E-state index in [0.29, 0.717) is 0 Å². The molecule has 1 aliphatic heterocycles. The van der Waals surface area contributed by atoms with Gasteiger partial charge in [0.1, 0.15) is 5.75 Å². The van der Waals surface area contributed by atoms with Crippen LogP contribution in [0.4, 0.5) is 0 Å². The average Bonchev–Trinajstić information content (AvgIpc) is 2.40. The van der Waals surface area contributed by atoms with Crippen LogP contribution >= 0.6 is 0 Å². The van der Waals surface area contributed by atoms with E-state index in [1.807, 2.05) is 42.2 Å². The first-order valence-corrected chi connectivity index (χ1v) is 6.28. The van der Waals surface area contributed by atoms with Crippen molar-refractivity contribution in [1.29, 1.82) is 0 Å². The summed E-state index contributed by atoms with van der Waals surface area (Å²) < 4.78 is 5.64. The third-order valence-corrected chi connectivity index (χ3v) is 3.07. The van der Waals surface area contributed by atoms with Gasteiger partial charge in [0.2, 0.25) is 0 Å². The third kappa shape index (κ3) is 3.22. The maximum atomic E-state index is 12.1. The van der Waals surface area contributed by atoms with Crippen molar-refractivity contribution in [2.24, 2.45) is 0 Å². The lowest BCUT2D eigenvalue weighted by Crippen LogP contribution is -2.43. The van der Waals surface area contributed by atoms with Crippen LogP contribution in [0.5, 0.6) is 5.75 Å². The molecule has 0 aliphatic carbocycles. The first-order chi connectivity index (χ1) is 8.27. The minimum atomic E-state index is -0.393. The normalized spacial score (nSPS) is 17.6. The number of ether oxygens (including phenoxy) is 1. The molecule has 0 bridgehead atoms. The Bertz CT molecular complexity index is 358. The summed E-state index contributed by atoms with van der Waals surface area (Å²) in [6.07, 6.45) is 3.07. The van der Waals surface area contributed by atoms with Gasteiger partial charge in [0, 0.05) is 13.1 Å². The van der Waals surface area contributed by atoms with Gasteiger partial charge in [-0.3, -0.25) is 4.79 Å². The van der Waals surface area contributed by atoms with Crippen molar-refractivity contribution in [3.63, 3.8) is 0 Å². The molecule has 1 heterocycles. The molecule has 1 aromatic carbocycles. The highest BCUT2D eigenvalue weighted by Crippen LogP contribution is 2.14. The lowest BCUT2D eigenvalue weighted by Gasteiger charge is -2.29. The summed E-state index contributed by atoms with van der Waals surface area (Å²) in [4.78, 5) is 14.0. The van der Waals surface area contributed by atoms with Crippen LogP contribution in [0.2, 0.25) is 0 Å². The van der Waals surface area contributed by atoms with Crippen LogP contribution in [-0.4, -0.2) is 30.0 Å². The zero-order valence-electron chi connectivity index (χ0n) is 10.3. The molecule has 1 aliphatic rings. The second-order valence-corrected chi connectivity index (χ2v) is 4.46. The fraction of sp³-hybridized carbons (Fsp3) is 0.500. The topological polar surface area (TPSA) is 29.5 Å². The van der Waals surface area contributed by atoms with Crippen molar-refractivity contribution in [1.82, 2.24) is 4.90 Å². The molecule has 1 amide bonds. The third-order valence-electron chi connectivity index (χ3n) is 3.07. The number of amides is 1. The van der Waals surface area contributed by atoms with Crippen LogP contribution in [0.25, 0.3) is 0 Å². The maximum Gasteiger partial charge on any atom is 0.263 e. The van der Waals surface area contributed by atoms with Crippen molar-refractivity contribution in [3.8, 4) is 5.75 Å². The largest absolute Gasteiger partial charge is 0.481 e. The standard InChI is InChI=1S/C14H19NO2/c1-12(17-13-8-4-2-5-9-13)14(16)15-10-6-3-7-11-15/h2,4-5,8-9,12H,3,6-7,10-11H2,1H3/t12-/m1/s1. The lowest BCUT2D eigenvalue weighted by atomic mass is 10.1. The number of nitrogens with zero attached hydrogens (tertiary/aromatic N) is 1. The first-order valence-electron chi connectivity index (χ1n) is 6.28. The van der Waals surface area contributed by atoms with E-state index in [4.69, 9.17) is 4.74 Å². The summed E-state index contributed by atoms with van der Waals surface area (Å²) in [7, 11) is 0. The molecule has 0 unspecified atom stereocenters. The minimum Gasteiger partial charge on any atom is -0.481 e. The Morgan fingerprint density at radius 3 is 2.47 bits per heavy atom. The number of hydrogen-bond donors (Lipinski definition) is 0. The second kappa shape index (κ2) is 5.71. The van der Waals surface area contributed by atoms with Gasteiger partial charge in [-0.2, -0.15) is 0 Å². The maximum absolute atomic E-state index is 12.1. The number of hydrogen-bond acceptors (Lipinski definition) is 2. The predicted octanol–water partition coefficient (Wildman–Crippen LogP) is 2.47. The summed E-state index contributed by atoms with van der Waals surface area (Å²) in [5, 5.41) is 0. The molecule has 2 rings (SSSR count). The molecule has 0 N–H and O–H groups in total. The molecule has 1 fully saturated rings. The highest BCUT2D eigenvalue weighted by molar-refractivity contribution is 5.81. The Hall–Kier alpha value is -1.51. The minimum absolute atomic E-state index is 0.105. The molecule has 1 atom stereocenters. The highest BCUT2D eigenvalue weighted by Gasteiger charge is 2.23. The van der Waals surface area contributed by atoms with Crippen molar-refractivity contribution < 1.29 is 9.53 Å². The van der Waals surface area contributed by atoms with Crippen LogP contribution in [0, 0.1) is 0 Å². The van der Waals surface area contributed by atoms with E-state index >= 15 is 0 Å². The van der Waals surface area contributed by atoms with E-state index in [0.717, 1.165) is 31.7 Å². The van der Waals surface area contributed by atoms with E-state index in [1.165, 1.54) is 6.42 Å². The molecule has 0 radical (unpaired) electrons. The smallest absolute Gasteiger partial charge is 0.263 e. The van der Waals surface area contributed by atoms with Crippen LogP contribution < -0.4 is 4.74 Å². The zero-order valence-corrected chi connectivity index (χ0v) is 10.3. The predicted molar refractivity (Wildman–Crippen MR) is 67.0 cm³/mol. The zero-order chi connectivity index (χ0) is 12.1. The molecule has 3 heteroatoms. The Balaban J connectivity index is 1.90. The number of carbonyl (C=O) groups excluding carboxylic acids is 1. The Morgan fingerprint density at radius 2 is 1.82 bits per heavy atom. The molecule has 92 valence electrons. The summed E-state index contributed by atoms with van der Waals surface area (Å²) in [6, 6.07) is 9.50. The van der Waals surface area contributed by atoms with Crippen molar-refractivity contribution in [2.45, 2.75) is 32.3 Å². The van der Waals surface area contributed by atoms with E-state index < -0.39 is 6.10 Å². The van der Waals surface area contributed by atoms with Gasteiger partial charge < -0.3 is 9.64 Å². The van der Waals surface area contributed by atoms with Gasteiger partial charge in [-0.15, -0.1) is 0 Å². The molecule has 0 saturated carbocycles. The number of benzene rings is 1. The van der Waals surface area contributed by atoms with Gasteiger partial charge in [-0.1, -0.05) is 18.2 Å². The summed E-state index contributed by atoms with van der Waals surface area (Å²) in [5.41, 5.74) is 0. The SMILES string of the molecule is C[C@@H](Oc1ccccc1)C(=O)N1CCCCC1. The van der Waals surface area contributed by atoms with Crippen LogP contribution in [0.1, 0.15) is 26.2 Å². The molecule has 0 spiro atoms. The van der Waals surface area contributed by atoms with Crippen LogP contribution in [0.3, 0.4) is 0 Å². The quantitative estimate of drug-likeness (QED) is 0.802. The fourth-order valence-electron chi connectivity index (χ4n) is 2.12. The van der Waals surface area contributed by atoms with E-state index in [1.54, 1.807) is 0 Å². The van der Waals surface area contributed by atoms with Crippen LogP contribution in [-0.2, 0) is 4.79 Å². The first kappa shape index (κ1) is 12.0. The summed E-state index contributed by atoms with van der Waals surface area (Å²) in [6.45, 7) is 3.58. The summed E-state index contributed by atoms with van der Waals surface area (Å²) in [5.74, 6) is 0.860. The average molecular weight is 233 g/mol. The molecule has 3 nitrogen and oxygen atoms in total. The number of likely N-dealkylation sites (tertiary alicyclic amines) is 1. The Kier molecular flexibility index (Phi) is 4.02. The van der Waals surface area contributed by atoms with Gasteiger partial charge in [-0.25, -0.2) is 0 Å². The van der Waals surface area contributed by atoms with Crippen molar-refractivity contribution >= 4 is 5.91 Å². The molecule has 1 saturated heterocycles. The van der Waals surface area contributed by atoms with E-state index in [-0.39, 0.29) is 5.91 Å². The highest BCUT2D eigenvalue weighted by atomic mass is 16.5. The number of para-hydroxylation sites is 1. The van der Waals surface area contributed by atoms with Crippen LogP contribution in [0.15, 0.2) is 30.3 Å². The fourth-order valence-corrected chi connectivity index (χ4v) is 2.12. The monoisotopic (exact) mass is 233 g/mol. The van der Waals surface area contributed by atoms with Gasteiger partial charge in [0.05, 0.1) is 0 Å². The van der Waals surface area contributed by atoms with Gasteiger partial charge in [0.15, 0.2) is 6.10 Å². The molecular formula is C14H19NO2. The van der Waals surface area contributed by atoms with Crippen molar-refractivity contribution in [3.05, 3.63) is 30.3 Å². The molecule has 17 heavy (non-hydrogen) atoms. The number of carbonyl (C=O) groups is 1. The number of rotatable bonds is 3. The Morgan fingerprint density at radius 1 is 1.18 bits per heavy atom. The number of piperidine rings is 1. The lowest BCUT2D eigenvalue weighted by molar-refractivity contribution is -0.138. The van der Waals surface area contributed by atoms with Gasteiger partial charge in [-0.05, 0) is 38.3 Å². The molecular weight excluding hydrogens is 214 g/mol. The van der Waals surface area contributed by atoms with Gasteiger partial charge in [0.25, 0.3) is 5.91 Å². The summed E-state index contributed by atoms with van der Waals surface area (Å²) >= 11 is 0. The Labute approximate surface area is 102 Å².